The highest BCUT2D eigenvalue weighted by atomic mass is 19.3. The molecule has 0 spiro atoms. The number of alkyl halides is 2. The number of carbonyl (C=O) groups is 2. The number of piperidine rings is 1. The van der Waals surface area contributed by atoms with Gasteiger partial charge < -0.3 is 15.2 Å². The van der Waals surface area contributed by atoms with Crippen LogP contribution >= 0.6 is 0 Å². The standard InChI is InChI=1S/C21H21F2N5O2/c22-18(23)19-26-16-4-3-15(10-17(16)27-19)21(30)28-8-5-14(6-9-28)20(29)25-12-13-2-1-7-24-11-13/h1-4,7,10-11,14,18H,5-6,8-9,12H2,(H,25,29)(H,26,27). The lowest BCUT2D eigenvalue weighted by atomic mass is 9.95. The molecule has 1 aromatic carbocycles. The number of nitrogens with one attached hydrogen (secondary N) is 2. The molecule has 3 aromatic rings. The van der Waals surface area contributed by atoms with E-state index in [1.165, 1.54) is 0 Å². The zero-order valence-electron chi connectivity index (χ0n) is 16.1. The van der Waals surface area contributed by atoms with Crippen molar-refractivity contribution in [2.24, 2.45) is 5.92 Å². The van der Waals surface area contributed by atoms with Crippen LogP contribution in [0.25, 0.3) is 11.0 Å². The summed E-state index contributed by atoms with van der Waals surface area (Å²) in [6, 6.07) is 8.41. The summed E-state index contributed by atoms with van der Waals surface area (Å²) in [6.07, 6.45) is 1.85. The molecule has 1 aliphatic rings. The summed E-state index contributed by atoms with van der Waals surface area (Å²) in [6.45, 7) is 1.36. The average molecular weight is 413 g/mol. The Hall–Kier alpha value is -3.36. The molecular weight excluding hydrogens is 392 g/mol. The molecule has 3 heterocycles. The first kappa shape index (κ1) is 19.9. The molecule has 1 aliphatic heterocycles. The average Bonchev–Trinajstić information content (AvgIpc) is 3.22. The Morgan fingerprint density at radius 1 is 1.23 bits per heavy atom. The molecule has 30 heavy (non-hydrogen) atoms. The quantitative estimate of drug-likeness (QED) is 0.673. The van der Waals surface area contributed by atoms with Crippen molar-refractivity contribution in [3.8, 4) is 0 Å². The number of benzene rings is 1. The number of halogens is 2. The molecule has 1 fully saturated rings. The number of hydrogen-bond acceptors (Lipinski definition) is 4. The van der Waals surface area contributed by atoms with Crippen molar-refractivity contribution < 1.29 is 18.4 Å². The lowest BCUT2D eigenvalue weighted by molar-refractivity contribution is -0.126. The first-order valence-electron chi connectivity index (χ1n) is 9.75. The highest BCUT2D eigenvalue weighted by molar-refractivity contribution is 5.97. The second-order valence-corrected chi connectivity index (χ2v) is 7.30. The van der Waals surface area contributed by atoms with E-state index in [1.807, 2.05) is 12.1 Å². The number of amides is 2. The minimum Gasteiger partial charge on any atom is -0.352 e. The number of aromatic amines is 1. The number of fused-ring (bicyclic) bond motifs is 1. The van der Waals surface area contributed by atoms with Crippen molar-refractivity contribution in [3.05, 3.63) is 59.7 Å². The largest absolute Gasteiger partial charge is 0.352 e. The topological polar surface area (TPSA) is 91.0 Å². The molecule has 0 saturated carbocycles. The molecule has 0 aliphatic carbocycles. The van der Waals surface area contributed by atoms with Gasteiger partial charge in [-0.25, -0.2) is 13.8 Å². The number of aromatic nitrogens is 3. The Bertz CT molecular complexity index is 1050. The normalized spacial score (nSPS) is 15.0. The molecular formula is C21H21F2N5O2. The summed E-state index contributed by atoms with van der Waals surface area (Å²) < 4.78 is 25.6. The highest BCUT2D eigenvalue weighted by Gasteiger charge is 2.28. The van der Waals surface area contributed by atoms with Crippen LogP contribution in [-0.4, -0.2) is 44.8 Å². The first-order chi connectivity index (χ1) is 14.5. The second-order valence-electron chi connectivity index (χ2n) is 7.30. The van der Waals surface area contributed by atoms with Crippen LogP contribution in [0.5, 0.6) is 0 Å². The van der Waals surface area contributed by atoms with E-state index in [-0.39, 0.29) is 17.7 Å². The number of imidazole rings is 1. The van der Waals surface area contributed by atoms with Gasteiger partial charge in [0.1, 0.15) is 0 Å². The van der Waals surface area contributed by atoms with E-state index >= 15 is 0 Å². The maximum atomic E-state index is 12.8. The minimum atomic E-state index is -2.69. The van der Waals surface area contributed by atoms with Gasteiger partial charge in [-0.3, -0.25) is 14.6 Å². The van der Waals surface area contributed by atoms with E-state index in [0.29, 0.717) is 49.1 Å². The van der Waals surface area contributed by atoms with Crippen LogP contribution in [0.2, 0.25) is 0 Å². The molecule has 0 unspecified atom stereocenters. The van der Waals surface area contributed by atoms with E-state index in [4.69, 9.17) is 0 Å². The number of rotatable bonds is 5. The Morgan fingerprint density at radius 3 is 2.73 bits per heavy atom. The predicted octanol–water partition coefficient (Wildman–Crippen LogP) is 3.06. The van der Waals surface area contributed by atoms with Gasteiger partial charge in [-0.05, 0) is 42.7 Å². The maximum Gasteiger partial charge on any atom is 0.295 e. The van der Waals surface area contributed by atoms with Crippen molar-refractivity contribution in [1.82, 2.24) is 25.2 Å². The zero-order valence-corrected chi connectivity index (χ0v) is 16.1. The van der Waals surface area contributed by atoms with Crippen LogP contribution in [0.1, 0.15) is 41.0 Å². The molecule has 2 N–H and O–H groups in total. The molecule has 2 aromatic heterocycles. The SMILES string of the molecule is O=C(NCc1cccnc1)C1CCN(C(=O)c2ccc3nc(C(F)F)[nH]c3c2)CC1. The van der Waals surface area contributed by atoms with Gasteiger partial charge in [-0.2, -0.15) is 0 Å². The molecule has 7 nitrogen and oxygen atoms in total. The van der Waals surface area contributed by atoms with E-state index in [9.17, 15) is 18.4 Å². The Morgan fingerprint density at radius 2 is 2.03 bits per heavy atom. The van der Waals surface area contributed by atoms with Gasteiger partial charge >= 0.3 is 0 Å². The van der Waals surface area contributed by atoms with E-state index in [2.05, 4.69) is 20.3 Å². The Labute approximate surface area is 171 Å². The van der Waals surface area contributed by atoms with Crippen molar-refractivity contribution in [3.63, 3.8) is 0 Å². The van der Waals surface area contributed by atoms with E-state index < -0.39 is 12.2 Å². The van der Waals surface area contributed by atoms with Crippen LogP contribution in [-0.2, 0) is 11.3 Å². The van der Waals surface area contributed by atoms with Crippen molar-refractivity contribution in [2.75, 3.05) is 13.1 Å². The van der Waals surface area contributed by atoms with Crippen molar-refractivity contribution in [1.29, 1.82) is 0 Å². The van der Waals surface area contributed by atoms with Crippen LogP contribution in [0.4, 0.5) is 8.78 Å². The Balaban J connectivity index is 1.33. The maximum absolute atomic E-state index is 12.8. The minimum absolute atomic E-state index is 0.0237. The molecule has 156 valence electrons. The van der Waals surface area contributed by atoms with Gasteiger partial charge in [0.05, 0.1) is 11.0 Å². The number of hydrogen-bond donors (Lipinski definition) is 2. The number of carbonyl (C=O) groups excluding carboxylic acids is 2. The smallest absolute Gasteiger partial charge is 0.295 e. The summed E-state index contributed by atoms with van der Waals surface area (Å²) in [5, 5.41) is 2.92. The molecule has 1 saturated heterocycles. The number of pyridine rings is 1. The third-order valence-electron chi connectivity index (χ3n) is 5.30. The van der Waals surface area contributed by atoms with E-state index in [1.54, 1.807) is 35.5 Å². The summed E-state index contributed by atoms with van der Waals surface area (Å²) >= 11 is 0. The van der Waals surface area contributed by atoms with Gasteiger partial charge in [0.25, 0.3) is 12.3 Å². The van der Waals surface area contributed by atoms with Gasteiger partial charge in [0, 0.05) is 43.5 Å². The first-order valence-corrected chi connectivity index (χ1v) is 9.75. The van der Waals surface area contributed by atoms with Crippen molar-refractivity contribution >= 4 is 22.8 Å². The van der Waals surface area contributed by atoms with Gasteiger partial charge in [-0.1, -0.05) is 6.07 Å². The van der Waals surface area contributed by atoms with Crippen LogP contribution in [0.3, 0.4) is 0 Å². The monoisotopic (exact) mass is 413 g/mol. The molecule has 0 atom stereocenters. The molecule has 9 heteroatoms. The van der Waals surface area contributed by atoms with Crippen LogP contribution < -0.4 is 5.32 Å². The number of likely N-dealkylation sites (tertiary alicyclic amines) is 1. The van der Waals surface area contributed by atoms with Crippen molar-refractivity contribution in [2.45, 2.75) is 25.8 Å². The molecule has 0 bridgehead atoms. The van der Waals surface area contributed by atoms with Crippen LogP contribution in [0, 0.1) is 5.92 Å². The predicted molar refractivity (Wildman–Crippen MR) is 106 cm³/mol. The fourth-order valence-electron chi connectivity index (χ4n) is 3.63. The van der Waals surface area contributed by atoms with Gasteiger partial charge in [-0.15, -0.1) is 0 Å². The summed E-state index contributed by atoms with van der Waals surface area (Å²) in [4.78, 5) is 37.3. The van der Waals surface area contributed by atoms with Crippen LogP contribution in [0.15, 0.2) is 42.7 Å². The third kappa shape index (κ3) is 4.29. The zero-order chi connectivity index (χ0) is 21.1. The van der Waals surface area contributed by atoms with Gasteiger partial charge in [0.15, 0.2) is 5.82 Å². The summed E-state index contributed by atoms with van der Waals surface area (Å²) in [7, 11) is 0. The molecule has 2 amide bonds. The second kappa shape index (κ2) is 8.56. The molecule has 0 radical (unpaired) electrons. The van der Waals surface area contributed by atoms with E-state index in [0.717, 1.165) is 5.56 Å². The Kier molecular flexibility index (Phi) is 5.69. The lowest BCUT2D eigenvalue weighted by Crippen LogP contribution is -2.42. The summed E-state index contributed by atoms with van der Waals surface area (Å²) in [5.74, 6) is -0.759. The number of H-pyrrole nitrogens is 1. The summed E-state index contributed by atoms with van der Waals surface area (Å²) in [5.41, 5.74) is 2.14. The van der Waals surface area contributed by atoms with Gasteiger partial charge in [0.2, 0.25) is 5.91 Å². The fraction of sp³-hybridized carbons (Fsp3) is 0.333. The fourth-order valence-corrected chi connectivity index (χ4v) is 3.63. The number of nitrogens with zero attached hydrogens (tertiary/aromatic N) is 3. The lowest BCUT2D eigenvalue weighted by Gasteiger charge is -2.31. The molecule has 4 rings (SSSR count). The highest BCUT2D eigenvalue weighted by Crippen LogP contribution is 2.23. The third-order valence-corrected chi connectivity index (χ3v) is 5.30.